The summed E-state index contributed by atoms with van der Waals surface area (Å²) in [5.74, 6) is -0.649. The number of amides is 2. The summed E-state index contributed by atoms with van der Waals surface area (Å²) in [5.41, 5.74) is -2.81. The van der Waals surface area contributed by atoms with Crippen LogP contribution in [0.25, 0.3) is 0 Å². The molecule has 1 aromatic rings. The van der Waals surface area contributed by atoms with Gasteiger partial charge in [0, 0.05) is 28.1 Å². The van der Waals surface area contributed by atoms with Crippen LogP contribution in [-0.4, -0.2) is 35.0 Å². The third-order valence-electron chi connectivity index (χ3n) is 4.64. The maximum absolute atomic E-state index is 15.0. The molecule has 0 aliphatic carbocycles. The lowest BCUT2D eigenvalue weighted by atomic mass is 9.87. The van der Waals surface area contributed by atoms with Crippen molar-refractivity contribution in [3.05, 3.63) is 40.1 Å². The third kappa shape index (κ3) is 8.48. The molecule has 2 N–H and O–H groups in total. The molecule has 0 radical (unpaired) electrons. The number of amidine groups is 1. The summed E-state index contributed by atoms with van der Waals surface area (Å²) in [6.45, 7) is 13.0. The van der Waals surface area contributed by atoms with Crippen LogP contribution in [0, 0.1) is 5.82 Å². The van der Waals surface area contributed by atoms with E-state index in [4.69, 9.17) is 9.47 Å². The summed E-state index contributed by atoms with van der Waals surface area (Å²) in [7, 11) is 0. The second-order valence-corrected chi connectivity index (χ2v) is 11.4. The van der Waals surface area contributed by atoms with E-state index in [0.717, 1.165) is 17.8 Å². The molecule has 1 aromatic carbocycles. The second-order valence-electron chi connectivity index (χ2n) is 10.3. The summed E-state index contributed by atoms with van der Waals surface area (Å²) in [4.78, 5) is 29.2. The molecule has 0 spiro atoms. The SMILES string of the molecule is C/C(=C1\C[C@@](C)(c2cc(NC(=O)OC(C)(C)C)ccc2F)N=C(NC(=O)OC(C)(C)C)S1)C(F)F. The summed E-state index contributed by atoms with van der Waals surface area (Å²) in [6, 6.07) is 3.88. The number of nitrogens with one attached hydrogen (secondary N) is 2. The van der Waals surface area contributed by atoms with Crippen molar-refractivity contribution in [2.75, 3.05) is 5.32 Å². The van der Waals surface area contributed by atoms with Gasteiger partial charge in [-0.3, -0.25) is 15.6 Å². The van der Waals surface area contributed by atoms with E-state index in [-0.39, 0.29) is 33.3 Å². The van der Waals surface area contributed by atoms with E-state index in [0.29, 0.717) is 0 Å². The Morgan fingerprint density at radius 1 is 1.06 bits per heavy atom. The number of halogens is 3. The lowest BCUT2D eigenvalue weighted by Gasteiger charge is -2.33. The Morgan fingerprint density at radius 3 is 2.11 bits per heavy atom. The Morgan fingerprint density at radius 2 is 1.60 bits per heavy atom. The Labute approximate surface area is 207 Å². The van der Waals surface area contributed by atoms with E-state index in [9.17, 15) is 18.4 Å². The average molecular weight is 516 g/mol. The van der Waals surface area contributed by atoms with Crippen LogP contribution < -0.4 is 10.6 Å². The zero-order valence-corrected chi connectivity index (χ0v) is 22.0. The topological polar surface area (TPSA) is 89.0 Å². The normalized spacial score (nSPS) is 20.2. The molecule has 0 fully saturated rings. The van der Waals surface area contributed by atoms with Crippen molar-refractivity contribution < 1.29 is 32.2 Å². The zero-order chi connectivity index (χ0) is 26.8. The molecule has 35 heavy (non-hydrogen) atoms. The van der Waals surface area contributed by atoms with Gasteiger partial charge in [0.15, 0.2) is 5.17 Å². The number of benzene rings is 1. The van der Waals surface area contributed by atoms with Crippen LogP contribution in [0.4, 0.5) is 28.4 Å². The number of hydrogen-bond acceptors (Lipinski definition) is 6. The van der Waals surface area contributed by atoms with Crippen LogP contribution in [0.1, 0.15) is 67.4 Å². The highest BCUT2D eigenvalue weighted by atomic mass is 32.2. The summed E-state index contributed by atoms with van der Waals surface area (Å²) in [5, 5.41) is 5.01. The number of ether oxygens (including phenoxy) is 2. The molecule has 1 aliphatic rings. The maximum atomic E-state index is 15.0. The fourth-order valence-corrected chi connectivity index (χ4v) is 4.35. The average Bonchev–Trinajstić information content (AvgIpc) is 2.65. The van der Waals surface area contributed by atoms with Crippen molar-refractivity contribution in [2.24, 2.45) is 4.99 Å². The number of rotatable bonds is 3. The Hall–Kier alpha value is -2.69. The summed E-state index contributed by atoms with van der Waals surface area (Å²) >= 11 is 0.872. The number of hydrogen-bond donors (Lipinski definition) is 2. The van der Waals surface area contributed by atoms with Crippen LogP contribution in [0.5, 0.6) is 0 Å². The fraction of sp³-hybridized carbons (Fsp3) is 0.542. The van der Waals surface area contributed by atoms with Crippen molar-refractivity contribution in [2.45, 2.75) is 85.0 Å². The number of allylic oxidation sites excluding steroid dienone is 1. The van der Waals surface area contributed by atoms with Crippen molar-refractivity contribution in [1.29, 1.82) is 0 Å². The molecule has 1 atom stereocenters. The van der Waals surface area contributed by atoms with Gasteiger partial charge >= 0.3 is 12.2 Å². The van der Waals surface area contributed by atoms with Gasteiger partial charge < -0.3 is 9.47 Å². The molecule has 11 heteroatoms. The number of anilines is 1. The Balaban J connectivity index is 2.48. The molecule has 0 unspecified atom stereocenters. The lowest BCUT2D eigenvalue weighted by molar-refractivity contribution is 0.0562. The number of alkyl halides is 2. The molecule has 0 bridgehead atoms. The van der Waals surface area contributed by atoms with Crippen LogP contribution in [0.15, 0.2) is 33.7 Å². The van der Waals surface area contributed by atoms with E-state index in [2.05, 4.69) is 15.6 Å². The number of carbonyl (C=O) groups excluding carboxylic acids is 2. The van der Waals surface area contributed by atoms with Gasteiger partial charge in [-0.2, -0.15) is 0 Å². The van der Waals surface area contributed by atoms with Crippen molar-refractivity contribution in [3.8, 4) is 0 Å². The van der Waals surface area contributed by atoms with Gasteiger partial charge in [-0.1, -0.05) is 11.8 Å². The molecule has 1 heterocycles. The first-order valence-electron chi connectivity index (χ1n) is 10.9. The molecular weight excluding hydrogens is 483 g/mol. The fourth-order valence-electron chi connectivity index (χ4n) is 3.13. The first-order chi connectivity index (χ1) is 15.9. The van der Waals surface area contributed by atoms with E-state index >= 15 is 4.39 Å². The minimum absolute atomic E-state index is 0.00657. The molecule has 0 saturated carbocycles. The van der Waals surface area contributed by atoms with Gasteiger partial charge in [0.25, 0.3) is 6.43 Å². The number of carbonyl (C=O) groups is 2. The molecule has 1 aliphatic heterocycles. The first-order valence-corrected chi connectivity index (χ1v) is 11.8. The Bertz CT molecular complexity index is 1050. The quantitative estimate of drug-likeness (QED) is 0.455. The smallest absolute Gasteiger partial charge is 0.413 e. The van der Waals surface area contributed by atoms with Gasteiger partial charge in [-0.05, 0) is 73.6 Å². The van der Waals surface area contributed by atoms with E-state index < -0.39 is 41.2 Å². The lowest BCUT2D eigenvalue weighted by Crippen LogP contribution is -2.38. The van der Waals surface area contributed by atoms with Crippen LogP contribution >= 0.6 is 11.8 Å². The van der Waals surface area contributed by atoms with E-state index in [1.165, 1.54) is 19.1 Å². The molecule has 2 rings (SSSR count). The second kappa shape index (κ2) is 10.5. The van der Waals surface area contributed by atoms with Gasteiger partial charge in [0.05, 0.1) is 5.54 Å². The summed E-state index contributed by atoms with van der Waals surface area (Å²) < 4.78 is 52.6. The largest absolute Gasteiger partial charge is 0.444 e. The van der Waals surface area contributed by atoms with E-state index in [1.54, 1.807) is 48.5 Å². The highest BCUT2D eigenvalue weighted by Gasteiger charge is 2.37. The van der Waals surface area contributed by atoms with Crippen molar-refractivity contribution in [1.82, 2.24) is 5.32 Å². The molecule has 2 amide bonds. The van der Waals surface area contributed by atoms with Crippen molar-refractivity contribution >= 4 is 34.8 Å². The van der Waals surface area contributed by atoms with Crippen LogP contribution in [0.3, 0.4) is 0 Å². The van der Waals surface area contributed by atoms with Gasteiger partial charge in [-0.15, -0.1) is 0 Å². The standard InChI is InChI=1S/C24H32F3N3O4S/c1-13(18(26)27)17-12-24(8,30-19(35-17)29-21(32)34-23(5,6)7)15-11-14(9-10-16(15)25)28-20(31)33-22(2,3)4/h9-11,18H,12H2,1-8H3,(H,28,31)(H,29,30,32)/b17-13-/t24-/m0/s1. The first kappa shape index (κ1) is 28.5. The maximum Gasteiger partial charge on any atom is 0.413 e. The number of aliphatic imine (C=N–C) groups is 1. The highest BCUT2D eigenvalue weighted by molar-refractivity contribution is 8.17. The number of nitrogens with zero attached hydrogens (tertiary/aromatic N) is 1. The monoisotopic (exact) mass is 515 g/mol. The molecule has 7 nitrogen and oxygen atoms in total. The van der Waals surface area contributed by atoms with E-state index in [1.807, 2.05) is 0 Å². The summed E-state index contributed by atoms with van der Waals surface area (Å²) in [6.07, 6.45) is -4.33. The minimum atomic E-state index is -2.74. The van der Waals surface area contributed by atoms with Gasteiger partial charge in [0.1, 0.15) is 17.0 Å². The van der Waals surface area contributed by atoms with Gasteiger partial charge in [0.2, 0.25) is 0 Å². The minimum Gasteiger partial charge on any atom is -0.444 e. The number of alkyl carbamates (subject to hydrolysis) is 1. The highest BCUT2D eigenvalue weighted by Crippen LogP contribution is 2.45. The van der Waals surface area contributed by atoms with Crippen LogP contribution in [0.2, 0.25) is 0 Å². The van der Waals surface area contributed by atoms with Crippen molar-refractivity contribution in [3.63, 3.8) is 0 Å². The molecule has 194 valence electrons. The predicted octanol–water partition coefficient (Wildman–Crippen LogP) is 6.94. The van der Waals surface area contributed by atoms with Crippen LogP contribution in [-0.2, 0) is 15.0 Å². The molecular formula is C24H32F3N3O4S. The third-order valence-corrected chi connectivity index (χ3v) is 5.74. The zero-order valence-electron chi connectivity index (χ0n) is 21.1. The predicted molar refractivity (Wildman–Crippen MR) is 131 cm³/mol. The number of thioether (sulfide) groups is 1. The Kier molecular flexibility index (Phi) is 8.57. The van der Waals surface area contributed by atoms with Gasteiger partial charge in [-0.25, -0.2) is 22.8 Å². The molecule has 0 aromatic heterocycles. The molecule has 0 saturated heterocycles.